The SMILES string of the molecule is Cc1cccn2c(=O)c(-c3nnn(Cc4ccc(Br)cc4)n3)cnc12. The van der Waals surface area contributed by atoms with Gasteiger partial charge in [0, 0.05) is 16.9 Å². The number of pyridine rings is 1. The van der Waals surface area contributed by atoms with Crippen LogP contribution >= 0.6 is 15.9 Å². The fourth-order valence-corrected chi connectivity index (χ4v) is 2.84. The second-order valence-electron chi connectivity index (χ2n) is 5.63. The van der Waals surface area contributed by atoms with E-state index in [4.69, 9.17) is 0 Å². The molecule has 3 aromatic heterocycles. The van der Waals surface area contributed by atoms with Gasteiger partial charge in [-0.15, -0.1) is 10.2 Å². The molecular formula is C17H13BrN6O. The molecule has 0 spiro atoms. The van der Waals surface area contributed by atoms with Crippen LogP contribution in [-0.4, -0.2) is 29.6 Å². The summed E-state index contributed by atoms with van der Waals surface area (Å²) >= 11 is 3.40. The molecule has 0 bridgehead atoms. The average molecular weight is 397 g/mol. The van der Waals surface area contributed by atoms with Crippen LogP contribution < -0.4 is 5.56 Å². The van der Waals surface area contributed by atoms with Crippen LogP contribution in [0.1, 0.15) is 11.1 Å². The Bertz CT molecular complexity index is 1120. The maximum absolute atomic E-state index is 12.7. The van der Waals surface area contributed by atoms with Gasteiger partial charge in [-0.05, 0) is 41.5 Å². The van der Waals surface area contributed by atoms with E-state index < -0.39 is 0 Å². The zero-order valence-electron chi connectivity index (χ0n) is 13.3. The molecule has 0 radical (unpaired) electrons. The van der Waals surface area contributed by atoms with Crippen molar-refractivity contribution in [1.82, 2.24) is 29.6 Å². The van der Waals surface area contributed by atoms with Gasteiger partial charge in [0.25, 0.3) is 5.56 Å². The van der Waals surface area contributed by atoms with Gasteiger partial charge in [0.1, 0.15) is 11.2 Å². The molecule has 0 amide bonds. The molecule has 124 valence electrons. The van der Waals surface area contributed by atoms with Gasteiger partial charge >= 0.3 is 0 Å². The maximum Gasteiger partial charge on any atom is 0.269 e. The Morgan fingerprint density at radius 1 is 1.16 bits per heavy atom. The van der Waals surface area contributed by atoms with Crippen molar-refractivity contribution in [2.75, 3.05) is 0 Å². The number of tetrazole rings is 1. The van der Waals surface area contributed by atoms with Crippen LogP contribution in [0.15, 0.2) is 58.1 Å². The molecule has 0 atom stereocenters. The number of fused-ring (bicyclic) bond motifs is 1. The van der Waals surface area contributed by atoms with Gasteiger partial charge in [0.15, 0.2) is 0 Å². The normalized spacial score (nSPS) is 11.1. The van der Waals surface area contributed by atoms with E-state index in [1.807, 2.05) is 43.3 Å². The first-order valence-electron chi connectivity index (χ1n) is 7.61. The number of hydrogen-bond donors (Lipinski definition) is 0. The molecule has 3 heterocycles. The predicted octanol–water partition coefficient (Wildman–Crippen LogP) is 2.47. The van der Waals surface area contributed by atoms with Crippen LogP contribution in [0.5, 0.6) is 0 Å². The molecule has 0 unspecified atom stereocenters. The lowest BCUT2D eigenvalue weighted by Crippen LogP contribution is -2.17. The van der Waals surface area contributed by atoms with Crippen LogP contribution in [0.2, 0.25) is 0 Å². The highest BCUT2D eigenvalue weighted by atomic mass is 79.9. The summed E-state index contributed by atoms with van der Waals surface area (Å²) in [6, 6.07) is 11.6. The molecular weight excluding hydrogens is 384 g/mol. The Morgan fingerprint density at radius 3 is 2.76 bits per heavy atom. The molecule has 0 aliphatic carbocycles. The lowest BCUT2D eigenvalue weighted by molar-refractivity contribution is 0.573. The lowest BCUT2D eigenvalue weighted by atomic mass is 10.2. The van der Waals surface area contributed by atoms with Gasteiger partial charge < -0.3 is 0 Å². The first-order valence-corrected chi connectivity index (χ1v) is 8.41. The van der Waals surface area contributed by atoms with E-state index in [9.17, 15) is 4.79 Å². The largest absolute Gasteiger partial charge is 0.269 e. The summed E-state index contributed by atoms with van der Waals surface area (Å²) in [5.41, 5.74) is 2.70. The lowest BCUT2D eigenvalue weighted by Gasteiger charge is -2.03. The molecule has 0 aliphatic rings. The molecule has 4 rings (SSSR count). The van der Waals surface area contributed by atoms with E-state index in [0.29, 0.717) is 17.8 Å². The second kappa shape index (κ2) is 6.21. The van der Waals surface area contributed by atoms with E-state index >= 15 is 0 Å². The molecule has 0 N–H and O–H groups in total. The minimum absolute atomic E-state index is 0.211. The van der Waals surface area contributed by atoms with Crippen molar-refractivity contribution in [3.63, 3.8) is 0 Å². The first-order chi connectivity index (χ1) is 12.1. The Hall–Kier alpha value is -2.87. The summed E-state index contributed by atoms with van der Waals surface area (Å²) in [7, 11) is 0. The summed E-state index contributed by atoms with van der Waals surface area (Å²) in [5.74, 6) is 0.269. The maximum atomic E-state index is 12.7. The van der Waals surface area contributed by atoms with Gasteiger partial charge in [-0.1, -0.05) is 34.1 Å². The zero-order valence-corrected chi connectivity index (χ0v) is 14.9. The second-order valence-corrected chi connectivity index (χ2v) is 6.55. The molecule has 8 heteroatoms. The van der Waals surface area contributed by atoms with Crippen LogP contribution in [0, 0.1) is 6.92 Å². The van der Waals surface area contributed by atoms with Crippen LogP contribution in [0.3, 0.4) is 0 Å². The summed E-state index contributed by atoms with van der Waals surface area (Å²) in [5, 5.41) is 12.4. The van der Waals surface area contributed by atoms with E-state index in [1.54, 1.807) is 6.20 Å². The Morgan fingerprint density at radius 2 is 1.96 bits per heavy atom. The summed E-state index contributed by atoms with van der Waals surface area (Å²) in [6.07, 6.45) is 3.19. The molecule has 7 nitrogen and oxygen atoms in total. The van der Waals surface area contributed by atoms with E-state index in [0.717, 1.165) is 15.6 Å². The Balaban J connectivity index is 1.70. The molecule has 0 saturated carbocycles. The van der Waals surface area contributed by atoms with Crippen molar-refractivity contribution in [1.29, 1.82) is 0 Å². The van der Waals surface area contributed by atoms with Crippen molar-refractivity contribution >= 4 is 21.6 Å². The topological polar surface area (TPSA) is 78.0 Å². The van der Waals surface area contributed by atoms with Gasteiger partial charge in [-0.3, -0.25) is 9.20 Å². The Labute approximate surface area is 151 Å². The van der Waals surface area contributed by atoms with Crippen molar-refractivity contribution in [3.05, 3.63) is 74.7 Å². The monoisotopic (exact) mass is 396 g/mol. The standard InChI is InChI=1S/C17H13BrN6O/c1-11-3-2-8-23-16(11)19-9-14(17(23)25)15-20-22-24(21-15)10-12-4-6-13(18)7-5-12/h2-9H,10H2,1H3. The number of aryl methyl sites for hydroxylation is 1. The first kappa shape index (κ1) is 15.6. The molecule has 25 heavy (non-hydrogen) atoms. The third-order valence-electron chi connectivity index (χ3n) is 3.86. The minimum Gasteiger partial charge on any atom is -0.268 e. The number of halogens is 1. The van der Waals surface area contributed by atoms with Crippen molar-refractivity contribution in [2.45, 2.75) is 13.5 Å². The zero-order chi connectivity index (χ0) is 17.4. The van der Waals surface area contributed by atoms with Crippen LogP contribution in [-0.2, 0) is 6.54 Å². The van der Waals surface area contributed by atoms with Gasteiger partial charge in [0.05, 0.1) is 6.54 Å². The molecule has 1 aromatic carbocycles. The molecule has 0 saturated heterocycles. The van der Waals surface area contributed by atoms with Crippen LogP contribution in [0.25, 0.3) is 17.0 Å². The smallest absolute Gasteiger partial charge is 0.268 e. The van der Waals surface area contributed by atoms with Gasteiger partial charge in [-0.25, -0.2) is 4.98 Å². The summed E-state index contributed by atoms with van der Waals surface area (Å²) in [6.45, 7) is 2.38. The van der Waals surface area contributed by atoms with E-state index in [1.165, 1.54) is 15.4 Å². The molecule has 0 fully saturated rings. The highest BCUT2D eigenvalue weighted by molar-refractivity contribution is 9.10. The highest BCUT2D eigenvalue weighted by Gasteiger charge is 2.13. The summed E-state index contributed by atoms with van der Waals surface area (Å²) < 4.78 is 2.51. The Kier molecular flexibility index (Phi) is 3.89. The van der Waals surface area contributed by atoms with Crippen molar-refractivity contribution in [2.24, 2.45) is 0 Å². The fourth-order valence-electron chi connectivity index (χ4n) is 2.57. The highest BCUT2D eigenvalue weighted by Crippen LogP contribution is 2.13. The third-order valence-corrected chi connectivity index (χ3v) is 4.39. The van der Waals surface area contributed by atoms with Crippen molar-refractivity contribution in [3.8, 4) is 11.4 Å². The fraction of sp³-hybridized carbons (Fsp3) is 0.118. The van der Waals surface area contributed by atoms with Gasteiger partial charge in [-0.2, -0.15) is 4.80 Å². The van der Waals surface area contributed by atoms with E-state index in [2.05, 4.69) is 36.3 Å². The number of rotatable bonds is 3. The number of nitrogens with zero attached hydrogens (tertiary/aromatic N) is 6. The number of aromatic nitrogens is 6. The van der Waals surface area contributed by atoms with Crippen LogP contribution in [0.4, 0.5) is 0 Å². The average Bonchev–Trinajstić information content (AvgIpc) is 3.06. The molecule has 4 aromatic rings. The summed E-state index contributed by atoms with van der Waals surface area (Å²) in [4.78, 5) is 18.5. The minimum atomic E-state index is -0.211. The van der Waals surface area contributed by atoms with Crippen molar-refractivity contribution < 1.29 is 0 Å². The molecule has 0 aliphatic heterocycles. The number of benzene rings is 1. The predicted molar refractivity (Wildman–Crippen MR) is 96.3 cm³/mol. The third kappa shape index (κ3) is 2.96. The number of hydrogen-bond acceptors (Lipinski definition) is 5. The van der Waals surface area contributed by atoms with Gasteiger partial charge in [0.2, 0.25) is 5.82 Å². The quantitative estimate of drug-likeness (QED) is 0.531. The van der Waals surface area contributed by atoms with E-state index in [-0.39, 0.29) is 11.4 Å².